The number of rotatable bonds is 5. The Morgan fingerprint density at radius 3 is 2.24 bits per heavy atom. The van der Waals surface area contributed by atoms with Crippen molar-refractivity contribution in [3.63, 3.8) is 0 Å². The zero-order valence-electron chi connectivity index (χ0n) is 10.1. The summed E-state index contributed by atoms with van der Waals surface area (Å²) in [5.74, 6) is -1.76. The molecule has 98 valence electrons. The smallest absolute Gasteiger partial charge is 0.408 e. The molecule has 0 aliphatic carbocycles. The molecule has 1 atom stereocenters. The number of aliphatic carboxylic acids is 1. The molecule has 1 unspecified atom stereocenters. The van der Waals surface area contributed by atoms with Crippen molar-refractivity contribution in [1.29, 1.82) is 0 Å². The summed E-state index contributed by atoms with van der Waals surface area (Å²) in [6.45, 7) is 4.67. The normalized spacial score (nSPS) is 12.7. The highest BCUT2D eigenvalue weighted by Gasteiger charge is 2.25. The summed E-state index contributed by atoms with van der Waals surface area (Å²) < 4.78 is 4.88. The molecule has 4 N–H and O–H groups in total. The van der Waals surface area contributed by atoms with Crippen LogP contribution in [-0.4, -0.2) is 41.1 Å². The first kappa shape index (κ1) is 15.4. The zero-order chi connectivity index (χ0) is 13.6. The number of nitrogens with one attached hydrogen (secondary N) is 1. The standard InChI is InChI=1S/C10H18N2O5/c1-10(2,3)17-9(16)12-7(8(14)15)4-6(13)5-11/h7H,4-5,11H2,1-3H3,(H,12,16)(H,14,15). The van der Waals surface area contributed by atoms with E-state index < -0.39 is 29.5 Å². The van der Waals surface area contributed by atoms with Crippen LogP contribution >= 0.6 is 0 Å². The van der Waals surface area contributed by atoms with Gasteiger partial charge in [0, 0.05) is 6.42 Å². The van der Waals surface area contributed by atoms with E-state index in [4.69, 9.17) is 15.6 Å². The number of ketones is 1. The van der Waals surface area contributed by atoms with Gasteiger partial charge in [0.25, 0.3) is 0 Å². The molecule has 0 bridgehead atoms. The Kier molecular flexibility index (Phi) is 5.60. The number of nitrogens with two attached hydrogens (primary N) is 1. The molecule has 0 radical (unpaired) electrons. The first-order chi connectivity index (χ1) is 7.65. The van der Waals surface area contributed by atoms with Crippen LogP contribution in [0.3, 0.4) is 0 Å². The Morgan fingerprint density at radius 2 is 1.88 bits per heavy atom. The number of hydrogen-bond acceptors (Lipinski definition) is 5. The Hall–Kier alpha value is -1.63. The van der Waals surface area contributed by atoms with Gasteiger partial charge in [-0.15, -0.1) is 0 Å². The van der Waals surface area contributed by atoms with Gasteiger partial charge in [0.15, 0.2) is 0 Å². The van der Waals surface area contributed by atoms with Gasteiger partial charge in [-0.2, -0.15) is 0 Å². The van der Waals surface area contributed by atoms with E-state index in [1.54, 1.807) is 20.8 Å². The number of alkyl carbamates (subject to hydrolysis) is 1. The van der Waals surface area contributed by atoms with Gasteiger partial charge in [0.05, 0.1) is 6.54 Å². The van der Waals surface area contributed by atoms with E-state index in [1.807, 2.05) is 0 Å². The maximum atomic E-state index is 11.3. The van der Waals surface area contributed by atoms with Crippen LogP contribution in [0.5, 0.6) is 0 Å². The Bertz CT molecular complexity index is 308. The topological polar surface area (TPSA) is 119 Å². The highest BCUT2D eigenvalue weighted by Crippen LogP contribution is 2.07. The largest absolute Gasteiger partial charge is 0.480 e. The van der Waals surface area contributed by atoms with Gasteiger partial charge in [-0.3, -0.25) is 4.79 Å². The monoisotopic (exact) mass is 246 g/mol. The quantitative estimate of drug-likeness (QED) is 0.622. The molecule has 0 spiro atoms. The van der Waals surface area contributed by atoms with Crippen LogP contribution in [0.1, 0.15) is 27.2 Å². The minimum Gasteiger partial charge on any atom is -0.480 e. The zero-order valence-corrected chi connectivity index (χ0v) is 10.1. The Morgan fingerprint density at radius 1 is 1.35 bits per heavy atom. The molecule has 0 saturated heterocycles. The van der Waals surface area contributed by atoms with E-state index in [-0.39, 0.29) is 13.0 Å². The predicted octanol–water partition coefficient (Wildman–Crippen LogP) is -0.118. The summed E-state index contributed by atoms with van der Waals surface area (Å²) >= 11 is 0. The average Bonchev–Trinajstić information content (AvgIpc) is 2.13. The molecule has 0 rings (SSSR count). The van der Waals surface area contributed by atoms with E-state index in [0.29, 0.717) is 0 Å². The lowest BCUT2D eigenvalue weighted by Gasteiger charge is -2.21. The summed E-state index contributed by atoms with van der Waals surface area (Å²) in [5.41, 5.74) is 4.34. The fourth-order valence-corrected chi connectivity index (χ4v) is 0.961. The van der Waals surface area contributed by atoms with Crippen molar-refractivity contribution in [2.45, 2.75) is 38.8 Å². The molecule has 7 nitrogen and oxygen atoms in total. The molecule has 0 aromatic rings. The second-order valence-corrected chi connectivity index (χ2v) is 4.48. The molecule has 0 saturated carbocycles. The van der Waals surface area contributed by atoms with Crippen LogP contribution in [0.25, 0.3) is 0 Å². The van der Waals surface area contributed by atoms with Gasteiger partial charge in [0.2, 0.25) is 0 Å². The van der Waals surface area contributed by atoms with E-state index >= 15 is 0 Å². The predicted molar refractivity (Wildman–Crippen MR) is 59.5 cm³/mol. The number of Topliss-reactive ketones (excluding diaryl/α,β-unsaturated/α-hetero) is 1. The number of carboxylic acids is 1. The molecule has 0 fully saturated rings. The van der Waals surface area contributed by atoms with Gasteiger partial charge >= 0.3 is 12.1 Å². The van der Waals surface area contributed by atoms with Crippen LogP contribution in [0.15, 0.2) is 0 Å². The number of amides is 1. The van der Waals surface area contributed by atoms with Gasteiger partial charge < -0.3 is 20.9 Å². The minimum atomic E-state index is -1.32. The molecule has 0 aromatic heterocycles. The molecule has 0 heterocycles. The lowest BCUT2D eigenvalue weighted by Crippen LogP contribution is -2.45. The second kappa shape index (κ2) is 6.19. The maximum absolute atomic E-state index is 11.3. The van der Waals surface area contributed by atoms with Crippen LogP contribution in [0.2, 0.25) is 0 Å². The minimum absolute atomic E-state index is 0.264. The summed E-state index contributed by atoms with van der Waals surface area (Å²) in [4.78, 5) is 33.1. The molecule has 1 amide bonds. The van der Waals surface area contributed by atoms with Gasteiger partial charge in [0.1, 0.15) is 17.4 Å². The Labute approximate surface area is 99.3 Å². The number of hydrogen-bond donors (Lipinski definition) is 3. The van der Waals surface area contributed by atoms with Crippen molar-refractivity contribution < 1.29 is 24.2 Å². The third kappa shape index (κ3) is 7.29. The fourth-order valence-electron chi connectivity index (χ4n) is 0.961. The molecule has 7 heteroatoms. The van der Waals surface area contributed by atoms with E-state index in [9.17, 15) is 14.4 Å². The molecular formula is C10H18N2O5. The van der Waals surface area contributed by atoms with E-state index in [2.05, 4.69) is 5.32 Å². The summed E-state index contributed by atoms with van der Waals surface area (Å²) in [7, 11) is 0. The van der Waals surface area contributed by atoms with Crippen molar-refractivity contribution in [1.82, 2.24) is 5.32 Å². The first-order valence-electron chi connectivity index (χ1n) is 5.10. The third-order valence-corrected chi connectivity index (χ3v) is 1.65. The van der Waals surface area contributed by atoms with Crippen LogP contribution in [0.4, 0.5) is 4.79 Å². The van der Waals surface area contributed by atoms with Gasteiger partial charge in [-0.25, -0.2) is 9.59 Å². The van der Waals surface area contributed by atoms with Crippen LogP contribution in [0, 0.1) is 0 Å². The fraction of sp³-hybridized carbons (Fsp3) is 0.700. The highest BCUT2D eigenvalue weighted by atomic mass is 16.6. The van der Waals surface area contributed by atoms with Crippen molar-refractivity contribution in [3.05, 3.63) is 0 Å². The number of carboxylic acid groups (broad SMARTS) is 1. The van der Waals surface area contributed by atoms with Gasteiger partial charge in [-0.05, 0) is 20.8 Å². The van der Waals surface area contributed by atoms with E-state index in [1.165, 1.54) is 0 Å². The van der Waals surface area contributed by atoms with Crippen LogP contribution in [-0.2, 0) is 14.3 Å². The lowest BCUT2D eigenvalue weighted by atomic mass is 10.1. The van der Waals surface area contributed by atoms with Crippen LogP contribution < -0.4 is 11.1 Å². The van der Waals surface area contributed by atoms with Crippen molar-refractivity contribution in [2.75, 3.05) is 6.54 Å². The average molecular weight is 246 g/mol. The number of carbonyl (C=O) groups excluding carboxylic acids is 2. The lowest BCUT2D eigenvalue weighted by molar-refractivity contribution is -0.141. The molecule has 0 aliphatic heterocycles. The van der Waals surface area contributed by atoms with Gasteiger partial charge in [-0.1, -0.05) is 0 Å². The second-order valence-electron chi connectivity index (χ2n) is 4.48. The van der Waals surface area contributed by atoms with Crippen molar-refractivity contribution in [3.8, 4) is 0 Å². The van der Waals surface area contributed by atoms with Crippen molar-refractivity contribution in [2.24, 2.45) is 5.73 Å². The number of ether oxygens (including phenoxy) is 1. The first-order valence-corrected chi connectivity index (χ1v) is 5.10. The van der Waals surface area contributed by atoms with E-state index in [0.717, 1.165) is 0 Å². The molecule has 17 heavy (non-hydrogen) atoms. The highest BCUT2D eigenvalue weighted by molar-refractivity contribution is 5.88. The Balaban J connectivity index is 4.41. The maximum Gasteiger partial charge on any atom is 0.408 e. The van der Waals surface area contributed by atoms with Crippen molar-refractivity contribution >= 4 is 17.8 Å². The molecular weight excluding hydrogens is 228 g/mol. The summed E-state index contributed by atoms with van der Waals surface area (Å²) in [6.07, 6.45) is -1.24. The third-order valence-electron chi connectivity index (χ3n) is 1.65. The number of carbonyl (C=O) groups is 3. The summed E-state index contributed by atoms with van der Waals surface area (Å²) in [6, 6.07) is -1.32. The molecule has 0 aliphatic rings. The molecule has 0 aromatic carbocycles. The SMILES string of the molecule is CC(C)(C)OC(=O)NC(CC(=O)CN)C(=O)O. The summed E-state index contributed by atoms with van der Waals surface area (Å²) in [5, 5.41) is 10.9.